The van der Waals surface area contributed by atoms with Crippen LogP contribution in [0.1, 0.15) is 37.1 Å². The van der Waals surface area contributed by atoms with Crippen LogP contribution >= 0.6 is 0 Å². The molecule has 0 spiro atoms. The normalized spacial score (nSPS) is 17.3. The van der Waals surface area contributed by atoms with Gasteiger partial charge in [-0.15, -0.1) is 0 Å². The molecule has 1 aliphatic heterocycles. The Bertz CT molecular complexity index is 1140. The molecule has 0 unspecified atom stereocenters. The van der Waals surface area contributed by atoms with Crippen LogP contribution in [0.4, 0.5) is 17.3 Å². The van der Waals surface area contributed by atoms with E-state index in [4.69, 9.17) is 21.2 Å². The first-order valence-corrected chi connectivity index (χ1v) is 10.7. The van der Waals surface area contributed by atoms with Crippen LogP contribution in [0, 0.1) is 5.41 Å². The Morgan fingerprint density at radius 1 is 1.06 bits per heavy atom. The summed E-state index contributed by atoms with van der Waals surface area (Å²) < 4.78 is 6.07. The lowest BCUT2D eigenvalue weighted by Crippen LogP contribution is -2.31. The molecule has 0 bridgehead atoms. The van der Waals surface area contributed by atoms with E-state index in [0.717, 1.165) is 60.6 Å². The smallest absolute Gasteiger partial charge is 0.146 e. The molecule has 2 aromatic heterocycles. The maximum absolute atomic E-state index is 6.07. The first kappa shape index (κ1) is 19.6. The number of hydrogen-bond acceptors (Lipinski definition) is 7. The second-order valence-corrected chi connectivity index (χ2v) is 9.25. The molecule has 0 saturated heterocycles. The van der Waals surface area contributed by atoms with Gasteiger partial charge in [0.1, 0.15) is 30.3 Å². The quantitative estimate of drug-likeness (QED) is 0.658. The Labute approximate surface area is 182 Å². The molecule has 0 atom stereocenters. The minimum absolute atomic E-state index is 0.266. The molecule has 1 aromatic carbocycles. The van der Waals surface area contributed by atoms with Crippen molar-refractivity contribution in [1.29, 1.82) is 0 Å². The number of nitrogen functional groups attached to an aromatic ring is 2. The Morgan fingerprint density at radius 2 is 1.94 bits per heavy atom. The zero-order valence-corrected chi connectivity index (χ0v) is 18.1. The summed E-state index contributed by atoms with van der Waals surface area (Å²) in [6.45, 7) is 6.78. The van der Waals surface area contributed by atoms with Crippen molar-refractivity contribution in [2.45, 2.75) is 39.7 Å². The van der Waals surface area contributed by atoms with Crippen molar-refractivity contribution in [2.75, 3.05) is 29.5 Å². The minimum Gasteiger partial charge on any atom is -0.491 e. The van der Waals surface area contributed by atoms with E-state index in [1.165, 1.54) is 11.3 Å². The lowest BCUT2D eigenvalue weighted by molar-refractivity contribution is 0.310. The predicted molar refractivity (Wildman–Crippen MR) is 123 cm³/mol. The Morgan fingerprint density at radius 3 is 2.77 bits per heavy atom. The monoisotopic (exact) mass is 416 g/mol. The zero-order valence-electron chi connectivity index (χ0n) is 18.1. The molecule has 2 aliphatic rings. The number of nitrogens with two attached hydrogens (primary N) is 2. The van der Waals surface area contributed by atoms with Gasteiger partial charge in [0.25, 0.3) is 0 Å². The molecule has 160 valence electrons. The van der Waals surface area contributed by atoms with E-state index in [2.05, 4.69) is 34.8 Å². The molecule has 1 aliphatic carbocycles. The highest BCUT2D eigenvalue weighted by molar-refractivity contribution is 5.72. The molecule has 0 fully saturated rings. The first-order chi connectivity index (χ1) is 14.9. The maximum atomic E-state index is 6.07. The van der Waals surface area contributed by atoms with Gasteiger partial charge in [-0.1, -0.05) is 19.9 Å². The number of hydrogen-bond donors (Lipinski definition) is 2. The summed E-state index contributed by atoms with van der Waals surface area (Å²) in [5, 5.41) is 0. The van der Waals surface area contributed by atoms with Crippen molar-refractivity contribution in [3.8, 4) is 16.9 Å². The number of nitrogens with zero attached hydrogens (tertiary/aromatic N) is 4. The van der Waals surface area contributed by atoms with Gasteiger partial charge < -0.3 is 21.1 Å². The average Bonchev–Trinajstić information content (AvgIpc) is 2.96. The summed E-state index contributed by atoms with van der Waals surface area (Å²) in [4.78, 5) is 15.8. The molecule has 0 radical (unpaired) electrons. The molecule has 3 aromatic rings. The van der Waals surface area contributed by atoms with Crippen LogP contribution in [0.2, 0.25) is 0 Å². The van der Waals surface area contributed by atoms with Gasteiger partial charge in [0.2, 0.25) is 0 Å². The first-order valence-electron chi connectivity index (χ1n) is 10.7. The highest BCUT2D eigenvalue weighted by Crippen LogP contribution is 2.39. The predicted octanol–water partition coefficient (Wildman–Crippen LogP) is 3.62. The van der Waals surface area contributed by atoms with E-state index >= 15 is 0 Å². The third kappa shape index (κ3) is 3.76. The van der Waals surface area contributed by atoms with E-state index in [1.54, 1.807) is 12.5 Å². The van der Waals surface area contributed by atoms with Crippen molar-refractivity contribution < 1.29 is 4.74 Å². The van der Waals surface area contributed by atoms with Gasteiger partial charge >= 0.3 is 0 Å². The zero-order chi connectivity index (χ0) is 21.6. The van der Waals surface area contributed by atoms with Gasteiger partial charge in [0.15, 0.2) is 0 Å². The van der Waals surface area contributed by atoms with Crippen LogP contribution in [0.25, 0.3) is 11.1 Å². The van der Waals surface area contributed by atoms with Gasteiger partial charge in [-0.25, -0.2) is 15.0 Å². The van der Waals surface area contributed by atoms with E-state index in [9.17, 15) is 0 Å². The highest BCUT2D eigenvalue weighted by atomic mass is 16.5. The minimum atomic E-state index is 0.266. The number of aryl methyl sites for hydroxylation is 1. The van der Waals surface area contributed by atoms with Gasteiger partial charge in [-0.2, -0.15) is 0 Å². The van der Waals surface area contributed by atoms with Crippen molar-refractivity contribution in [2.24, 2.45) is 5.41 Å². The summed E-state index contributed by atoms with van der Waals surface area (Å²) in [6.07, 6.45) is 6.63. The highest BCUT2D eigenvalue weighted by Gasteiger charge is 2.30. The maximum Gasteiger partial charge on any atom is 0.146 e. The SMILES string of the molecule is CC1(C)CCc2ncnc(N3CCOc4ccc(-c5cnc(N)c(N)c5)cc4C3)c2C1. The molecule has 3 heterocycles. The van der Waals surface area contributed by atoms with Crippen LogP contribution in [-0.4, -0.2) is 28.1 Å². The largest absolute Gasteiger partial charge is 0.491 e. The fraction of sp³-hybridized carbons (Fsp3) is 0.375. The molecule has 31 heavy (non-hydrogen) atoms. The van der Waals surface area contributed by atoms with Crippen molar-refractivity contribution in [1.82, 2.24) is 15.0 Å². The number of pyridine rings is 1. The summed E-state index contributed by atoms with van der Waals surface area (Å²) in [7, 11) is 0. The number of aromatic nitrogens is 3. The lowest BCUT2D eigenvalue weighted by Gasteiger charge is -2.33. The van der Waals surface area contributed by atoms with Crippen LogP contribution in [0.5, 0.6) is 5.75 Å². The second-order valence-electron chi connectivity index (χ2n) is 9.25. The Kier molecular flexibility index (Phi) is 4.68. The number of ether oxygens (including phenoxy) is 1. The van der Waals surface area contributed by atoms with Gasteiger partial charge in [-0.3, -0.25) is 0 Å². The molecular formula is C24H28N6O. The van der Waals surface area contributed by atoms with Gasteiger partial charge in [0.05, 0.1) is 12.2 Å². The van der Waals surface area contributed by atoms with Crippen molar-refractivity contribution >= 4 is 17.3 Å². The molecule has 4 N–H and O–H groups in total. The number of fused-ring (bicyclic) bond motifs is 2. The molecule has 7 heteroatoms. The van der Waals surface area contributed by atoms with Crippen molar-refractivity contribution in [3.05, 3.63) is 53.6 Å². The second kappa shape index (κ2) is 7.41. The fourth-order valence-corrected chi connectivity index (χ4v) is 4.54. The average molecular weight is 417 g/mol. The summed E-state index contributed by atoms with van der Waals surface area (Å²) in [5.74, 6) is 2.30. The van der Waals surface area contributed by atoms with Crippen LogP contribution in [-0.2, 0) is 19.4 Å². The third-order valence-corrected chi connectivity index (χ3v) is 6.33. The number of anilines is 3. The molecule has 0 saturated carbocycles. The van der Waals surface area contributed by atoms with Crippen LogP contribution in [0.15, 0.2) is 36.8 Å². The summed E-state index contributed by atoms with van der Waals surface area (Å²) >= 11 is 0. The van der Waals surface area contributed by atoms with Crippen LogP contribution < -0.4 is 21.1 Å². The Hall–Kier alpha value is -3.35. The molecular weight excluding hydrogens is 388 g/mol. The Balaban J connectivity index is 1.50. The molecule has 7 nitrogen and oxygen atoms in total. The van der Waals surface area contributed by atoms with E-state index in [1.807, 2.05) is 18.2 Å². The van der Waals surface area contributed by atoms with E-state index in [0.29, 0.717) is 18.1 Å². The van der Waals surface area contributed by atoms with Gasteiger partial charge in [0, 0.05) is 35.1 Å². The topological polar surface area (TPSA) is 103 Å². The molecule has 0 amide bonds. The standard InChI is InChI=1S/C24H28N6O/c1-24(2)6-5-20-18(11-24)23(29-14-28-20)30-7-8-31-21-4-3-15(9-17(21)13-30)16-10-19(25)22(26)27-12-16/h3-4,9-10,12,14H,5-8,11,13,25H2,1-2H3,(H2,26,27). The summed E-state index contributed by atoms with van der Waals surface area (Å²) in [6, 6.07) is 8.08. The summed E-state index contributed by atoms with van der Waals surface area (Å²) in [5.41, 5.74) is 18.1. The van der Waals surface area contributed by atoms with E-state index < -0.39 is 0 Å². The lowest BCUT2D eigenvalue weighted by atomic mass is 9.76. The molecule has 5 rings (SSSR count). The van der Waals surface area contributed by atoms with Crippen molar-refractivity contribution in [3.63, 3.8) is 0 Å². The number of rotatable bonds is 2. The third-order valence-electron chi connectivity index (χ3n) is 6.33. The fourth-order valence-electron chi connectivity index (χ4n) is 4.54. The van der Waals surface area contributed by atoms with Crippen LogP contribution in [0.3, 0.4) is 0 Å². The number of benzene rings is 1. The van der Waals surface area contributed by atoms with E-state index in [-0.39, 0.29) is 5.41 Å². The van der Waals surface area contributed by atoms with Gasteiger partial charge in [-0.05, 0) is 48.4 Å².